The van der Waals surface area contributed by atoms with Crippen LogP contribution in [0.25, 0.3) is 0 Å². The molecule has 0 saturated heterocycles. The Bertz CT molecular complexity index is 667. The Morgan fingerprint density at radius 3 is 2.42 bits per heavy atom. The highest BCUT2D eigenvalue weighted by atomic mass is 16.2. The summed E-state index contributed by atoms with van der Waals surface area (Å²) < 4.78 is 0. The van der Waals surface area contributed by atoms with Crippen LogP contribution in [0.3, 0.4) is 0 Å². The summed E-state index contributed by atoms with van der Waals surface area (Å²) in [6.45, 7) is 2.86. The highest BCUT2D eigenvalue weighted by Gasteiger charge is 2.13. The van der Waals surface area contributed by atoms with E-state index in [1.165, 1.54) is 0 Å². The minimum Gasteiger partial charge on any atom is -0.378 e. The number of rotatable bonds is 7. The number of anilines is 3. The maximum Gasteiger partial charge on any atom is 0.272 e. The van der Waals surface area contributed by atoms with Gasteiger partial charge in [0.15, 0.2) is 0 Å². The van der Waals surface area contributed by atoms with Crippen LogP contribution >= 0.6 is 0 Å². The maximum atomic E-state index is 12.4. The Labute approximate surface area is 144 Å². The second-order valence-electron chi connectivity index (χ2n) is 6.08. The van der Waals surface area contributed by atoms with E-state index in [-0.39, 0.29) is 5.91 Å². The lowest BCUT2D eigenvalue weighted by Crippen LogP contribution is -2.28. The van der Waals surface area contributed by atoms with Gasteiger partial charge >= 0.3 is 0 Å². The molecule has 1 aromatic heterocycles. The summed E-state index contributed by atoms with van der Waals surface area (Å²) in [7, 11) is 5.84. The molecule has 2 aromatic rings. The molecule has 0 unspecified atom stereocenters. The van der Waals surface area contributed by atoms with Gasteiger partial charge in [0.2, 0.25) is 0 Å². The highest BCUT2D eigenvalue weighted by Crippen LogP contribution is 2.20. The molecule has 0 bridgehead atoms. The standard InChI is InChI=1S/C19H26N4O/c1-5-6-13-23(4)19(24)18-14-16(11-12-20-18)21-15-7-9-17(10-8-15)22(2)3/h7-12,14H,5-6,13H2,1-4H3,(H,20,21). The number of unbranched alkanes of at least 4 members (excludes halogenated alkanes) is 1. The predicted molar refractivity (Wildman–Crippen MR) is 100 cm³/mol. The predicted octanol–water partition coefficient (Wildman–Crippen LogP) is 3.76. The van der Waals surface area contributed by atoms with Gasteiger partial charge in [-0.1, -0.05) is 13.3 Å². The third-order valence-electron chi connectivity index (χ3n) is 3.85. The first-order valence-electron chi connectivity index (χ1n) is 8.27. The minimum atomic E-state index is -0.0462. The van der Waals surface area contributed by atoms with Crippen molar-refractivity contribution in [3.8, 4) is 0 Å². The quantitative estimate of drug-likeness (QED) is 0.841. The van der Waals surface area contributed by atoms with Crippen LogP contribution < -0.4 is 10.2 Å². The van der Waals surface area contributed by atoms with E-state index in [0.717, 1.165) is 36.4 Å². The van der Waals surface area contributed by atoms with E-state index in [1.807, 2.05) is 51.5 Å². The van der Waals surface area contributed by atoms with E-state index in [9.17, 15) is 4.79 Å². The molecular formula is C19H26N4O. The fourth-order valence-electron chi connectivity index (χ4n) is 2.33. The summed E-state index contributed by atoms with van der Waals surface area (Å²) in [4.78, 5) is 20.4. The number of hydrogen-bond acceptors (Lipinski definition) is 4. The van der Waals surface area contributed by atoms with Gasteiger partial charge in [-0.05, 0) is 42.8 Å². The largest absolute Gasteiger partial charge is 0.378 e. The molecule has 0 aliphatic rings. The molecule has 1 aromatic carbocycles. The molecule has 128 valence electrons. The smallest absolute Gasteiger partial charge is 0.272 e. The molecule has 0 aliphatic carbocycles. The molecule has 0 spiro atoms. The van der Waals surface area contributed by atoms with Crippen molar-refractivity contribution < 1.29 is 4.79 Å². The number of amides is 1. The fourth-order valence-corrected chi connectivity index (χ4v) is 2.33. The molecule has 0 fully saturated rings. The summed E-state index contributed by atoms with van der Waals surface area (Å²) in [5.74, 6) is -0.0462. The lowest BCUT2D eigenvalue weighted by Gasteiger charge is -2.17. The summed E-state index contributed by atoms with van der Waals surface area (Å²) >= 11 is 0. The first-order valence-corrected chi connectivity index (χ1v) is 8.27. The van der Waals surface area contributed by atoms with Crippen molar-refractivity contribution in [2.75, 3.05) is 37.9 Å². The number of pyridine rings is 1. The van der Waals surface area contributed by atoms with Crippen LogP contribution in [0.2, 0.25) is 0 Å². The topological polar surface area (TPSA) is 48.5 Å². The monoisotopic (exact) mass is 326 g/mol. The average molecular weight is 326 g/mol. The van der Waals surface area contributed by atoms with Gasteiger partial charge in [-0.3, -0.25) is 9.78 Å². The molecule has 1 N–H and O–H groups in total. The molecular weight excluding hydrogens is 300 g/mol. The van der Waals surface area contributed by atoms with Crippen molar-refractivity contribution >= 4 is 23.0 Å². The van der Waals surface area contributed by atoms with Gasteiger partial charge in [0, 0.05) is 50.9 Å². The number of benzene rings is 1. The Balaban J connectivity index is 2.08. The number of nitrogens with one attached hydrogen (secondary N) is 1. The highest BCUT2D eigenvalue weighted by molar-refractivity contribution is 5.93. The average Bonchev–Trinajstić information content (AvgIpc) is 2.59. The molecule has 2 rings (SSSR count). The third kappa shape index (κ3) is 4.72. The number of carbonyl (C=O) groups is 1. The van der Waals surface area contributed by atoms with Crippen molar-refractivity contribution in [3.63, 3.8) is 0 Å². The van der Waals surface area contributed by atoms with Gasteiger partial charge in [-0.2, -0.15) is 0 Å². The van der Waals surface area contributed by atoms with Crippen molar-refractivity contribution in [1.82, 2.24) is 9.88 Å². The SMILES string of the molecule is CCCCN(C)C(=O)c1cc(Nc2ccc(N(C)C)cc2)ccn1. The van der Waals surface area contributed by atoms with Crippen LogP contribution in [0, 0.1) is 0 Å². The molecule has 0 saturated carbocycles. The zero-order valence-corrected chi connectivity index (χ0v) is 14.9. The fraction of sp³-hybridized carbons (Fsp3) is 0.368. The van der Waals surface area contributed by atoms with Crippen LogP contribution in [-0.4, -0.2) is 43.5 Å². The van der Waals surface area contributed by atoms with E-state index in [4.69, 9.17) is 0 Å². The van der Waals surface area contributed by atoms with Crippen LogP contribution in [0.4, 0.5) is 17.1 Å². The van der Waals surface area contributed by atoms with Gasteiger partial charge in [-0.25, -0.2) is 0 Å². The summed E-state index contributed by atoms with van der Waals surface area (Å²) in [5, 5.41) is 3.32. The number of aromatic nitrogens is 1. The first kappa shape index (κ1) is 17.8. The van der Waals surface area contributed by atoms with Crippen molar-refractivity contribution in [2.45, 2.75) is 19.8 Å². The van der Waals surface area contributed by atoms with Crippen LogP contribution in [0.5, 0.6) is 0 Å². The second-order valence-corrected chi connectivity index (χ2v) is 6.08. The number of carbonyl (C=O) groups excluding carboxylic acids is 1. The second kappa shape index (κ2) is 8.34. The first-order chi connectivity index (χ1) is 11.5. The summed E-state index contributed by atoms with van der Waals surface area (Å²) in [6.07, 6.45) is 3.73. The van der Waals surface area contributed by atoms with Crippen molar-refractivity contribution in [2.24, 2.45) is 0 Å². The number of hydrogen-bond donors (Lipinski definition) is 1. The molecule has 0 aliphatic heterocycles. The van der Waals surface area contributed by atoms with Crippen LogP contribution in [0.15, 0.2) is 42.6 Å². The molecule has 5 heteroatoms. The van der Waals surface area contributed by atoms with E-state index >= 15 is 0 Å². The van der Waals surface area contributed by atoms with E-state index in [2.05, 4.69) is 22.1 Å². The van der Waals surface area contributed by atoms with E-state index < -0.39 is 0 Å². The molecule has 5 nitrogen and oxygen atoms in total. The van der Waals surface area contributed by atoms with Gasteiger partial charge < -0.3 is 15.1 Å². The minimum absolute atomic E-state index is 0.0462. The van der Waals surface area contributed by atoms with Crippen LogP contribution in [0.1, 0.15) is 30.3 Å². The van der Waals surface area contributed by atoms with Gasteiger partial charge in [-0.15, -0.1) is 0 Å². The lowest BCUT2D eigenvalue weighted by atomic mass is 10.2. The van der Waals surface area contributed by atoms with E-state index in [0.29, 0.717) is 5.69 Å². The maximum absolute atomic E-state index is 12.4. The van der Waals surface area contributed by atoms with Gasteiger partial charge in [0.1, 0.15) is 5.69 Å². The molecule has 1 heterocycles. The van der Waals surface area contributed by atoms with Crippen LogP contribution in [-0.2, 0) is 0 Å². The molecule has 0 atom stereocenters. The normalized spacial score (nSPS) is 10.3. The Morgan fingerprint density at radius 2 is 1.79 bits per heavy atom. The van der Waals surface area contributed by atoms with Gasteiger partial charge in [0.25, 0.3) is 5.91 Å². The zero-order valence-electron chi connectivity index (χ0n) is 14.9. The van der Waals surface area contributed by atoms with Crippen molar-refractivity contribution in [1.29, 1.82) is 0 Å². The third-order valence-corrected chi connectivity index (χ3v) is 3.85. The van der Waals surface area contributed by atoms with E-state index in [1.54, 1.807) is 17.2 Å². The molecule has 24 heavy (non-hydrogen) atoms. The van der Waals surface area contributed by atoms with Crippen molar-refractivity contribution in [3.05, 3.63) is 48.3 Å². The lowest BCUT2D eigenvalue weighted by molar-refractivity contribution is 0.0787. The number of nitrogens with zero attached hydrogens (tertiary/aromatic N) is 3. The zero-order chi connectivity index (χ0) is 17.5. The summed E-state index contributed by atoms with van der Waals surface area (Å²) in [5.41, 5.74) is 3.44. The summed E-state index contributed by atoms with van der Waals surface area (Å²) in [6, 6.07) is 11.8. The molecule has 0 radical (unpaired) electrons. The van der Waals surface area contributed by atoms with Gasteiger partial charge in [0.05, 0.1) is 0 Å². The Kier molecular flexibility index (Phi) is 6.18. The Morgan fingerprint density at radius 1 is 1.08 bits per heavy atom. The Hall–Kier alpha value is -2.56. The molecule has 1 amide bonds.